The molecular formula is C23H29ClN4O4S. The van der Waals surface area contributed by atoms with E-state index >= 15 is 0 Å². The first kappa shape index (κ1) is 25.0. The van der Waals surface area contributed by atoms with Crippen LogP contribution >= 0.6 is 11.6 Å². The Kier molecular flexibility index (Phi) is 8.34. The van der Waals surface area contributed by atoms with E-state index in [1.54, 1.807) is 24.0 Å². The van der Waals surface area contributed by atoms with Crippen LogP contribution in [0, 0.1) is 13.8 Å². The van der Waals surface area contributed by atoms with Gasteiger partial charge in [0.25, 0.3) is 0 Å². The van der Waals surface area contributed by atoms with Gasteiger partial charge in [0.05, 0.1) is 11.4 Å². The summed E-state index contributed by atoms with van der Waals surface area (Å²) in [4.78, 5) is 28.6. The van der Waals surface area contributed by atoms with Gasteiger partial charge >= 0.3 is 0 Å². The van der Waals surface area contributed by atoms with Crippen molar-refractivity contribution in [2.24, 2.45) is 0 Å². The molecule has 0 aromatic heterocycles. The van der Waals surface area contributed by atoms with Crippen LogP contribution in [0.15, 0.2) is 47.4 Å². The molecule has 0 unspecified atom stereocenters. The van der Waals surface area contributed by atoms with Crippen molar-refractivity contribution in [3.8, 4) is 0 Å². The highest BCUT2D eigenvalue weighted by Crippen LogP contribution is 2.19. The summed E-state index contributed by atoms with van der Waals surface area (Å²) in [6.07, 6.45) is -0.0539. The van der Waals surface area contributed by atoms with Crippen LogP contribution in [-0.4, -0.2) is 64.4 Å². The molecule has 1 fully saturated rings. The number of hydrogen-bond donors (Lipinski definition) is 2. The lowest BCUT2D eigenvalue weighted by Crippen LogP contribution is -2.51. The van der Waals surface area contributed by atoms with Crippen molar-refractivity contribution < 1.29 is 18.0 Å². The fourth-order valence-electron chi connectivity index (χ4n) is 3.61. The van der Waals surface area contributed by atoms with Crippen molar-refractivity contribution in [2.45, 2.75) is 25.2 Å². The number of hydrogen-bond acceptors (Lipinski definition) is 5. The van der Waals surface area contributed by atoms with Gasteiger partial charge in [-0.3, -0.25) is 9.59 Å². The number of amides is 2. The lowest BCUT2D eigenvalue weighted by molar-refractivity contribution is -0.133. The maximum Gasteiger partial charge on any atom is 0.242 e. The number of sulfonamides is 1. The lowest BCUT2D eigenvalue weighted by Gasteiger charge is -2.36. The highest BCUT2D eigenvalue weighted by Gasteiger charge is 2.22. The Morgan fingerprint density at radius 3 is 2.33 bits per heavy atom. The van der Waals surface area contributed by atoms with Crippen molar-refractivity contribution in [2.75, 3.05) is 44.2 Å². The van der Waals surface area contributed by atoms with E-state index in [1.807, 2.05) is 37.3 Å². The first-order valence-electron chi connectivity index (χ1n) is 10.8. The lowest BCUT2D eigenvalue weighted by atomic mass is 10.2. The van der Waals surface area contributed by atoms with Crippen LogP contribution in [0.25, 0.3) is 0 Å². The summed E-state index contributed by atoms with van der Waals surface area (Å²) in [7, 11) is -3.71. The number of rotatable bonds is 8. The van der Waals surface area contributed by atoms with Crippen molar-refractivity contribution in [3.05, 3.63) is 58.6 Å². The molecule has 1 aliphatic rings. The first-order valence-corrected chi connectivity index (χ1v) is 12.6. The van der Waals surface area contributed by atoms with Gasteiger partial charge in [-0.05, 0) is 55.3 Å². The first-order chi connectivity index (χ1) is 15.7. The van der Waals surface area contributed by atoms with Gasteiger partial charge in [-0.1, -0.05) is 23.7 Å². The minimum Gasteiger partial charge on any atom is -0.368 e. The number of nitrogens with one attached hydrogen (secondary N) is 2. The van der Waals surface area contributed by atoms with E-state index in [9.17, 15) is 18.0 Å². The van der Waals surface area contributed by atoms with Crippen molar-refractivity contribution >= 4 is 39.1 Å². The van der Waals surface area contributed by atoms with Crippen LogP contribution in [0.2, 0.25) is 5.02 Å². The predicted octanol–water partition coefficient (Wildman–Crippen LogP) is 2.09. The molecule has 0 spiro atoms. The highest BCUT2D eigenvalue weighted by atomic mass is 35.5. The molecule has 1 heterocycles. The number of piperazine rings is 1. The van der Waals surface area contributed by atoms with Gasteiger partial charge in [0, 0.05) is 49.9 Å². The fourth-order valence-corrected chi connectivity index (χ4v) is 5.10. The van der Waals surface area contributed by atoms with E-state index < -0.39 is 10.0 Å². The Hall–Kier alpha value is -2.62. The van der Waals surface area contributed by atoms with Crippen molar-refractivity contribution in [1.82, 2.24) is 14.9 Å². The second kappa shape index (κ2) is 11.0. The largest absolute Gasteiger partial charge is 0.368 e. The summed E-state index contributed by atoms with van der Waals surface area (Å²) < 4.78 is 27.4. The quantitative estimate of drug-likeness (QED) is 0.588. The van der Waals surface area contributed by atoms with Gasteiger partial charge < -0.3 is 15.1 Å². The van der Waals surface area contributed by atoms with Crippen molar-refractivity contribution in [3.63, 3.8) is 0 Å². The molecule has 33 heavy (non-hydrogen) atoms. The third kappa shape index (κ3) is 6.93. The molecule has 178 valence electrons. The standard InChI is InChI=1S/C23H29ClN4O4S/c1-17-3-4-18(2)21(15-17)33(31,32)26-10-9-22(29)25-16-23(30)28-13-11-27(12-14-28)20-7-5-19(24)6-8-20/h3-8,15,26H,9-14,16H2,1-2H3,(H,25,29). The van der Waals surface area contributed by atoms with Crippen LogP contribution in [0.3, 0.4) is 0 Å². The summed E-state index contributed by atoms with van der Waals surface area (Å²) in [5.74, 6) is -0.540. The monoisotopic (exact) mass is 492 g/mol. The summed E-state index contributed by atoms with van der Waals surface area (Å²) in [5.41, 5.74) is 2.54. The third-order valence-electron chi connectivity index (χ3n) is 5.54. The van der Waals surface area contributed by atoms with Gasteiger partial charge in [0.2, 0.25) is 21.8 Å². The van der Waals surface area contributed by atoms with Gasteiger partial charge in [-0.15, -0.1) is 0 Å². The van der Waals surface area contributed by atoms with E-state index in [0.717, 1.165) is 11.3 Å². The van der Waals surface area contributed by atoms with Crippen LogP contribution < -0.4 is 14.9 Å². The van der Waals surface area contributed by atoms with E-state index in [4.69, 9.17) is 11.6 Å². The topological polar surface area (TPSA) is 98.8 Å². The molecule has 0 bridgehead atoms. The SMILES string of the molecule is Cc1ccc(C)c(S(=O)(=O)NCCC(=O)NCC(=O)N2CCN(c3ccc(Cl)cc3)CC2)c1. The van der Waals surface area contributed by atoms with E-state index in [1.165, 1.54) is 0 Å². The van der Waals surface area contributed by atoms with Gasteiger partial charge in [0.1, 0.15) is 0 Å². The molecule has 0 radical (unpaired) electrons. The minimum absolute atomic E-state index is 0.0461. The number of carbonyl (C=O) groups is 2. The minimum atomic E-state index is -3.71. The predicted molar refractivity (Wildman–Crippen MR) is 129 cm³/mol. The third-order valence-corrected chi connectivity index (χ3v) is 7.39. The Balaban J connectivity index is 1.39. The zero-order valence-electron chi connectivity index (χ0n) is 18.8. The summed E-state index contributed by atoms with van der Waals surface area (Å²) >= 11 is 5.93. The molecule has 1 aliphatic heterocycles. The smallest absolute Gasteiger partial charge is 0.242 e. The van der Waals surface area contributed by atoms with Gasteiger partial charge in [-0.25, -0.2) is 13.1 Å². The molecule has 0 atom stereocenters. The second-order valence-electron chi connectivity index (χ2n) is 8.04. The van der Waals surface area contributed by atoms with Crippen LogP contribution in [0.4, 0.5) is 5.69 Å². The Bertz CT molecular complexity index is 1100. The Morgan fingerprint density at radius 1 is 1.00 bits per heavy atom. The number of aryl methyl sites for hydroxylation is 2. The molecule has 0 aliphatic carbocycles. The molecule has 10 heteroatoms. The molecule has 0 saturated carbocycles. The molecule has 2 aromatic carbocycles. The average molecular weight is 493 g/mol. The molecule has 2 N–H and O–H groups in total. The van der Waals surface area contributed by atoms with Gasteiger partial charge in [0.15, 0.2) is 0 Å². The molecule has 8 nitrogen and oxygen atoms in total. The zero-order chi connectivity index (χ0) is 24.0. The van der Waals surface area contributed by atoms with E-state index in [0.29, 0.717) is 36.8 Å². The van der Waals surface area contributed by atoms with E-state index in [-0.39, 0.29) is 36.2 Å². The normalized spacial score (nSPS) is 14.3. The van der Waals surface area contributed by atoms with Crippen LogP contribution in [-0.2, 0) is 19.6 Å². The number of halogens is 1. The maximum absolute atomic E-state index is 12.5. The van der Waals surface area contributed by atoms with E-state index in [2.05, 4.69) is 14.9 Å². The highest BCUT2D eigenvalue weighted by molar-refractivity contribution is 7.89. The number of nitrogens with zero attached hydrogens (tertiary/aromatic N) is 2. The number of carbonyl (C=O) groups excluding carboxylic acids is 2. The van der Waals surface area contributed by atoms with Crippen molar-refractivity contribution in [1.29, 1.82) is 0 Å². The molecule has 3 rings (SSSR count). The van der Waals surface area contributed by atoms with Gasteiger partial charge in [-0.2, -0.15) is 0 Å². The average Bonchev–Trinajstić information content (AvgIpc) is 2.79. The summed E-state index contributed by atoms with van der Waals surface area (Å²) in [6, 6.07) is 12.8. The molecule has 1 saturated heterocycles. The molecular weight excluding hydrogens is 464 g/mol. The van der Waals surface area contributed by atoms with Crippen LogP contribution in [0.1, 0.15) is 17.5 Å². The Labute approximate surface area is 200 Å². The molecule has 2 amide bonds. The fraction of sp³-hybridized carbons (Fsp3) is 0.391. The number of benzene rings is 2. The number of anilines is 1. The second-order valence-corrected chi connectivity index (χ2v) is 10.2. The zero-order valence-corrected chi connectivity index (χ0v) is 20.4. The summed E-state index contributed by atoms with van der Waals surface area (Å²) in [5, 5.41) is 3.26. The summed E-state index contributed by atoms with van der Waals surface area (Å²) in [6.45, 7) is 5.91. The van der Waals surface area contributed by atoms with Crippen LogP contribution in [0.5, 0.6) is 0 Å². The molecule has 2 aromatic rings. The maximum atomic E-state index is 12.5. The Morgan fingerprint density at radius 2 is 1.67 bits per heavy atom.